The van der Waals surface area contributed by atoms with Crippen LogP contribution in [0.5, 0.6) is 0 Å². The van der Waals surface area contributed by atoms with Crippen LogP contribution < -0.4 is 5.56 Å². The second-order valence-corrected chi connectivity index (χ2v) is 4.09. The first-order valence-corrected chi connectivity index (χ1v) is 5.99. The van der Waals surface area contributed by atoms with E-state index in [2.05, 4.69) is 5.10 Å². The number of alkyl halides is 3. The van der Waals surface area contributed by atoms with Gasteiger partial charge in [-0.2, -0.15) is 13.2 Å². The molecular formula is C13H11F3N2O3. The fourth-order valence-electron chi connectivity index (χ4n) is 1.72. The van der Waals surface area contributed by atoms with E-state index in [-0.39, 0.29) is 17.9 Å². The van der Waals surface area contributed by atoms with Crippen molar-refractivity contribution in [2.75, 3.05) is 6.61 Å². The molecule has 1 aromatic carbocycles. The summed E-state index contributed by atoms with van der Waals surface area (Å²) in [4.78, 5) is 23.5. The number of carbonyl (C=O) groups excluding carboxylic acids is 1. The normalized spacial score (nSPS) is 11.4. The van der Waals surface area contributed by atoms with E-state index >= 15 is 0 Å². The average molecular weight is 300 g/mol. The van der Waals surface area contributed by atoms with E-state index in [9.17, 15) is 22.8 Å². The molecule has 0 fully saturated rings. The highest BCUT2D eigenvalue weighted by Gasteiger charge is 2.30. The van der Waals surface area contributed by atoms with Gasteiger partial charge in [-0.1, -0.05) is 0 Å². The average Bonchev–Trinajstić information content (AvgIpc) is 2.80. The van der Waals surface area contributed by atoms with E-state index in [0.29, 0.717) is 0 Å². The van der Waals surface area contributed by atoms with Gasteiger partial charge in [0.15, 0.2) is 0 Å². The van der Waals surface area contributed by atoms with Gasteiger partial charge in [0, 0.05) is 6.20 Å². The Morgan fingerprint density at radius 1 is 1.29 bits per heavy atom. The standard InChI is InChI=1S/C13H11F3N2O3/c1-2-21-12(20)10-7-17-18(11(10)19)9-5-3-8(4-6-9)13(14,15)16/h3-7,17H,2H2,1H3. The predicted octanol–water partition coefficient (Wildman–Crippen LogP) is 2.36. The molecule has 0 unspecified atom stereocenters. The minimum Gasteiger partial charge on any atom is -0.462 e. The van der Waals surface area contributed by atoms with Crippen LogP contribution in [0, 0.1) is 0 Å². The maximum atomic E-state index is 12.5. The monoisotopic (exact) mass is 300 g/mol. The molecule has 2 aromatic rings. The fraction of sp³-hybridized carbons (Fsp3) is 0.231. The third kappa shape index (κ3) is 2.99. The summed E-state index contributed by atoms with van der Waals surface area (Å²) in [5, 5.41) is 2.51. The summed E-state index contributed by atoms with van der Waals surface area (Å²) in [6.07, 6.45) is -3.30. The van der Waals surface area contributed by atoms with Crippen molar-refractivity contribution in [3.8, 4) is 5.69 Å². The molecule has 0 atom stereocenters. The van der Waals surface area contributed by atoms with E-state index in [1.165, 1.54) is 0 Å². The number of nitrogens with one attached hydrogen (secondary N) is 1. The number of benzene rings is 1. The lowest BCUT2D eigenvalue weighted by atomic mass is 10.2. The van der Waals surface area contributed by atoms with Crippen molar-refractivity contribution in [3.63, 3.8) is 0 Å². The number of carbonyl (C=O) groups is 1. The first-order valence-electron chi connectivity index (χ1n) is 5.99. The number of hydrogen-bond donors (Lipinski definition) is 1. The number of rotatable bonds is 3. The van der Waals surface area contributed by atoms with Crippen LogP contribution in [0.1, 0.15) is 22.8 Å². The summed E-state index contributed by atoms with van der Waals surface area (Å²) in [5.74, 6) is -0.788. The van der Waals surface area contributed by atoms with Crippen molar-refractivity contribution in [1.29, 1.82) is 0 Å². The Morgan fingerprint density at radius 2 is 1.90 bits per heavy atom. The molecule has 0 spiro atoms. The van der Waals surface area contributed by atoms with Crippen LogP contribution in [-0.4, -0.2) is 22.4 Å². The topological polar surface area (TPSA) is 64.1 Å². The summed E-state index contributed by atoms with van der Waals surface area (Å²) in [6, 6.07) is 3.98. The molecule has 8 heteroatoms. The van der Waals surface area contributed by atoms with Crippen LogP contribution in [0.15, 0.2) is 35.3 Å². The SMILES string of the molecule is CCOC(=O)c1c[nH]n(-c2ccc(C(F)(F)F)cc2)c1=O. The van der Waals surface area contributed by atoms with Crippen molar-refractivity contribution in [2.45, 2.75) is 13.1 Å². The molecule has 0 bridgehead atoms. The van der Waals surface area contributed by atoms with Gasteiger partial charge in [-0.15, -0.1) is 0 Å². The number of nitrogens with zero attached hydrogens (tertiary/aromatic N) is 1. The Labute approximate surface area is 116 Å². The van der Waals surface area contributed by atoms with Gasteiger partial charge in [-0.25, -0.2) is 9.48 Å². The number of H-pyrrole nitrogens is 1. The van der Waals surface area contributed by atoms with E-state index in [1.54, 1.807) is 6.92 Å². The molecule has 1 N–H and O–H groups in total. The Hall–Kier alpha value is -2.51. The number of aromatic nitrogens is 2. The summed E-state index contributed by atoms with van der Waals surface area (Å²) >= 11 is 0. The second kappa shape index (κ2) is 5.47. The number of hydrogen-bond acceptors (Lipinski definition) is 3. The highest BCUT2D eigenvalue weighted by atomic mass is 19.4. The van der Waals surface area contributed by atoms with E-state index in [4.69, 9.17) is 4.74 Å². The number of halogens is 3. The summed E-state index contributed by atoms with van der Waals surface area (Å²) in [7, 11) is 0. The van der Waals surface area contributed by atoms with Crippen LogP contribution >= 0.6 is 0 Å². The van der Waals surface area contributed by atoms with Crippen LogP contribution in [-0.2, 0) is 10.9 Å². The maximum Gasteiger partial charge on any atom is 0.416 e. The summed E-state index contributed by atoms with van der Waals surface area (Å²) in [5.41, 5.74) is -1.54. The second-order valence-electron chi connectivity index (χ2n) is 4.09. The third-order valence-electron chi connectivity index (χ3n) is 2.72. The Bertz CT molecular complexity index is 699. The molecule has 21 heavy (non-hydrogen) atoms. The van der Waals surface area contributed by atoms with Crippen molar-refractivity contribution in [2.24, 2.45) is 0 Å². The zero-order valence-electron chi connectivity index (χ0n) is 10.9. The Balaban J connectivity index is 2.36. The van der Waals surface area contributed by atoms with Crippen molar-refractivity contribution in [3.05, 3.63) is 51.9 Å². The van der Waals surface area contributed by atoms with Crippen molar-refractivity contribution >= 4 is 5.97 Å². The maximum absolute atomic E-state index is 12.5. The van der Waals surface area contributed by atoms with Gasteiger partial charge < -0.3 is 4.74 Å². The van der Waals surface area contributed by atoms with E-state index in [1.807, 2.05) is 0 Å². The number of aromatic amines is 1. The minimum atomic E-state index is -4.45. The molecule has 2 rings (SSSR count). The molecule has 1 heterocycles. The Morgan fingerprint density at radius 3 is 2.43 bits per heavy atom. The number of ether oxygens (including phenoxy) is 1. The lowest BCUT2D eigenvalue weighted by molar-refractivity contribution is -0.137. The quantitative estimate of drug-likeness (QED) is 0.885. The van der Waals surface area contributed by atoms with Crippen LogP contribution in [0.25, 0.3) is 5.69 Å². The molecule has 1 aromatic heterocycles. The Kier molecular flexibility index (Phi) is 3.88. The predicted molar refractivity (Wildman–Crippen MR) is 67.3 cm³/mol. The number of esters is 1. The lowest BCUT2D eigenvalue weighted by Gasteiger charge is -2.07. The summed E-state index contributed by atoms with van der Waals surface area (Å²) in [6.45, 7) is 1.71. The first kappa shape index (κ1) is 14.9. The van der Waals surface area contributed by atoms with E-state index < -0.39 is 23.3 Å². The summed E-state index contributed by atoms with van der Waals surface area (Å²) < 4.78 is 43.0. The molecule has 0 aliphatic heterocycles. The molecule has 5 nitrogen and oxygen atoms in total. The minimum absolute atomic E-state index is 0.115. The molecule has 0 radical (unpaired) electrons. The van der Waals surface area contributed by atoms with Gasteiger partial charge in [0.2, 0.25) is 0 Å². The zero-order chi connectivity index (χ0) is 15.6. The van der Waals surface area contributed by atoms with Crippen LogP contribution in [0.2, 0.25) is 0 Å². The van der Waals surface area contributed by atoms with Crippen LogP contribution in [0.3, 0.4) is 0 Å². The zero-order valence-corrected chi connectivity index (χ0v) is 10.9. The molecule has 0 amide bonds. The largest absolute Gasteiger partial charge is 0.462 e. The highest BCUT2D eigenvalue weighted by Crippen LogP contribution is 2.29. The van der Waals surface area contributed by atoms with Crippen molar-refractivity contribution < 1.29 is 22.7 Å². The first-order chi connectivity index (χ1) is 9.84. The van der Waals surface area contributed by atoms with Gasteiger partial charge >= 0.3 is 12.1 Å². The molecule has 0 saturated carbocycles. The van der Waals surface area contributed by atoms with E-state index in [0.717, 1.165) is 35.1 Å². The van der Waals surface area contributed by atoms with Gasteiger partial charge in [-0.05, 0) is 31.2 Å². The lowest BCUT2D eigenvalue weighted by Crippen LogP contribution is -2.21. The van der Waals surface area contributed by atoms with Gasteiger partial charge in [0.25, 0.3) is 5.56 Å². The smallest absolute Gasteiger partial charge is 0.416 e. The third-order valence-corrected chi connectivity index (χ3v) is 2.72. The van der Waals surface area contributed by atoms with Crippen molar-refractivity contribution in [1.82, 2.24) is 9.78 Å². The molecule has 0 saturated heterocycles. The van der Waals surface area contributed by atoms with Gasteiger partial charge in [0.05, 0.1) is 17.9 Å². The highest BCUT2D eigenvalue weighted by molar-refractivity contribution is 5.88. The molecule has 0 aliphatic carbocycles. The molecular weight excluding hydrogens is 289 g/mol. The fourth-order valence-corrected chi connectivity index (χ4v) is 1.72. The van der Waals surface area contributed by atoms with Gasteiger partial charge in [0.1, 0.15) is 5.56 Å². The molecule has 0 aliphatic rings. The molecule has 112 valence electrons. The van der Waals surface area contributed by atoms with Crippen LogP contribution in [0.4, 0.5) is 13.2 Å². The van der Waals surface area contributed by atoms with Gasteiger partial charge in [-0.3, -0.25) is 9.89 Å².